The first-order chi connectivity index (χ1) is 8.70. The van der Waals surface area contributed by atoms with E-state index in [0.717, 1.165) is 0 Å². The Balaban J connectivity index is 2.20. The normalized spacial score (nSPS) is 10.6. The van der Waals surface area contributed by atoms with Gasteiger partial charge in [-0.1, -0.05) is 55.8 Å². The molecule has 0 bridgehead atoms. The van der Waals surface area contributed by atoms with Crippen LogP contribution in [-0.4, -0.2) is 0 Å². The van der Waals surface area contributed by atoms with Crippen LogP contribution in [0.5, 0.6) is 0 Å². The van der Waals surface area contributed by atoms with E-state index in [0.29, 0.717) is 0 Å². The molecule has 2 aromatic rings. The lowest BCUT2D eigenvalue weighted by Crippen LogP contribution is -1.86. The molecule has 0 spiro atoms. The molecule has 0 saturated carbocycles. The second-order valence-corrected chi connectivity index (χ2v) is 5.10. The van der Waals surface area contributed by atoms with Crippen molar-refractivity contribution in [2.24, 2.45) is 0 Å². The summed E-state index contributed by atoms with van der Waals surface area (Å²) in [6.45, 7) is 6.57. The number of aryl methyl sites for hydroxylation is 3. The summed E-state index contributed by atoms with van der Waals surface area (Å²) in [6, 6.07) is 15.7. The van der Waals surface area contributed by atoms with Gasteiger partial charge in [0.15, 0.2) is 0 Å². The van der Waals surface area contributed by atoms with Crippen LogP contribution in [0.15, 0.2) is 42.5 Å². The fourth-order valence-corrected chi connectivity index (χ4v) is 2.17. The van der Waals surface area contributed by atoms with Gasteiger partial charge in [-0.05, 0) is 54.5 Å². The fourth-order valence-electron chi connectivity index (χ4n) is 2.17. The molecule has 0 heteroatoms. The molecule has 0 unspecified atom stereocenters. The minimum atomic E-state index is 1.20. The largest absolute Gasteiger partial charge is 0.0654 e. The predicted octanol–water partition coefficient (Wildman–Crippen LogP) is 5.31. The molecule has 0 nitrogen and oxygen atoms in total. The molecule has 0 aliphatic rings. The lowest BCUT2D eigenvalue weighted by atomic mass is 9.98. The molecular weight excluding hydrogens is 216 g/mol. The van der Waals surface area contributed by atoms with E-state index in [1.807, 2.05) is 0 Å². The van der Waals surface area contributed by atoms with E-state index in [9.17, 15) is 0 Å². The van der Waals surface area contributed by atoms with E-state index in [4.69, 9.17) is 0 Å². The molecule has 0 saturated heterocycles. The van der Waals surface area contributed by atoms with Gasteiger partial charge in [0.2, 0.25) is 0 Å². The second kappa shape index (κ2) is 5.86. The average Bonchev–Trinajstić information content (AvgIpc) is 2.40. The maximum atomic E-state index is 2.27. The first-order valence-electron chi connectivity index (χ1n) is 6.87. The summed E-state index contributed by atoms with van der Waals surface area (Å²) >= 11 is 0. The summed E-state index contributed by atoms with van der Waals surface area (Å²) < 4.78 is 0. The molecule has 2 rings (SSSR count). The van der Waals surface area contributed by atoms with Gasteiger partial charge in [0.25, 0.3) is 0 Å². The molecule has 18 heavy (non-hydrogen) atoms. The highest BCUT2D eigenvalue weighted by atomic mass is 14.1. The molecule has 0 atom stereocenters. The zero-order valence-corrected chi connectivity index (χ0v) is 11.7. The smallest absolute Gasteiger partial charge is 0.0181 e. The topological polar surface area (TPSA) is 0 Å². The fraction of sp³-hybridized carbons (Fsp3) is 0.333. The molecule has 0 radical (unpaired) electrons. The Bertz CT molecular complexity index is 506. The first-order valence-corrected chi connectivity index (χ1v) is 6.87. The molecule has 0 aliphatic carbocycles. The van der Waals surface area contributed by atoms with Crippen molar-refractivity contribution in [2.75, 3.05) is 0 Å². The summed E-state index contributed by atoms with van der Waals surface area (Å²) in [4.78, 5) is 0. The summed E-state index contributed by atoms with van der Waals surface area (Å²) in [7, 11) is 0. The highest BCUT2D eigenvalue weighted by Crippen LogP contribution is 2.22. The van der Waals surface area contributed by atoms with Crippen molar-refractivity contribution < 1.29 is 0 Å². The van der Waals surface area contributed by atoms with E-state index in [2.05, 4.69) is 63.2 Å². The quantitative estimate of drug-likeness (QED) is 0.677. The van der Waals surface area contributed by atoms with Crippen LogP contribution in [0, 0.1) is 13.8 Å². The SMILES string of the molecule is CCCCc1ccc(-c2ccc(C)c(C)c2)cc1. The van der Waals surface area contributed by atoms with Crippen LogP contribution < -0.4 is 0 Å². The zero-order valence-electron chi connectivity index (χ0n) is 11.7. The Labute approximate surface area is 111 Å². The Hall–Kier alpha value is -1.56. The van der Waals surface area contributed by atoms with Crippen LogP contribution in [0.4, 0.5) is 0 Å². The third kappa shape index (κ3) is 3.01. The number of hydrogen-bond donors (Lipinski definition) is 0. The molecule has 0 amide bonds. The minimum absolute atomic E-state index is 1.20. The van der Waals surface area contributed by atoms with Gasteiger partial charge in [0.05, 0.1) is 0 Å². The van der Waals surface area contributed by atoms with Gasteiger partial charge >= 0.3 is 0 Å². The van der Waals surface area contributed by atoms with E-state index in [1.54, 1.807) is 0 Å². The van der Waals surface area contributed by atoms with Gasteiger partial charge in [-0.3, -0.25) is 0 Å². The van der Waals surface area contributed by atoms with Gasteiger partial charge in [-0.25, -0.2) is 0 Å². The van der Waals surface area contributed by atoms with Crippen LogP contribution in [0.2, 0.25) is 0 Å². The van der Waals surface area contributed by atoms with Crippen molar-refractivity contribution in [1.82, 2.24) is 0 Å². The third-order valence-electron chi connectivity index (χ3n) is 3.61. The van der Waals surface area contributed by atoms with E-state index >= 15 is 0 Å². The number of rotatable bonds is 4. The van der Waals surface area contributed by atoms with Crippen molar-refractivity contribution in [2.45, 2.75) is 40.0 Å². The van der Waals surface area contributed by atoms with Gasteiger partial charge < -0.3 is 0 Å². The Morgan fingerprint density at radius 3 is 2.06 bits per heavy atom. The van der Waals surface area contributed by atoms with Crippen LogP contribution in [0.3, 0.4) is 0 Å². The summed E-state index contributed by atoms with van der Waals surface area (Å²) in [5, 5.41) is 0. The standard InChI is InChI=1S/C18H22/c1-4-5-6-16-8-11-17(12-9-16)18-10-7-14(2)15(3)13-18/h7-13H,4-6H2,1-3H3. The Morgan fingerprint density at radius 1 is 0.778 bits per heavy atom. The van der Waals surface area contributed by atoms with Crippen molar-refractivity contribution in [3.8, 4) is 11.1 Å². The molecule has 0 fully saturated rings. The molecular formula is C18H22. The molecule has 0 aromatic heterocycles. The van der Waals surface area contributed by atoms with Gasteiger partial charge in [0, 0.05) is 0 Å². The van der Waals surface area contributed by atoms with Crippen molar-refractivity contribution in [1.29, 1.82) is 0 Å². The van der Waals surface area contributed by atoms with Crippen LogP contribution in [0.25, 0.3) is 11.1 Å². The van der Waals surface area contributed by atoms with Crippen molar-refractivity contribution in [3.63, 3.8) is 0 Å². The lowest BCUT2D eigenvalue weighted by molar-refractivity contribution is 0.795. The Kier molecular flexibility index (Phi) is 4.19. The molecule has 0 aliphatic heterocycles. The average molecular weight is 238 g/mol. The van der Waals surface area contributed by atoms with Crippen LogP contribution >= 0.6 is 0 Å². The molecule has 0 heterocycles. The predicted molar refractivity (Wildman–Crippen MR) is 80.0 cm³/mol. The van der Waals surface area contributed by atoms with Crippen molar-refractivity contribution in [3.05, 3.63) is 59.2 Å². The first kappa shape index (κ1) is 12.9. The maximum absolute atomic E-state index is 2.27. The molecule has 2 aromatic carbocycles. The maximum Gasteiger partial charge on any atom is -0.0181 e. The number of benzene rings is 2. The van der Waals surface area contributed by atoms with Gasteiger partial charge in [-0.2, -0.15) is 0 Å². The van der Waals surface area contributed by atoms with Crippen molar-refractivity contribution >= 4 is 0 Å². The highest BCUT2D eigenvalue weighted by Gasteiger charge is 2.00. The highest BCUT2D eigenvalue weighted by molar-refractivity contribution is 5.65. The van der Waals surface area contributed by atoms with E-state index in [1.165, 1.54) is 47.1 Å². The molecule has 0 N–H and O–H groups in total. The minimum Gasteiger partial charge on any atom is -0.0654 e. The number of hydrogen-bond acceptors (Lipinski definition) is 0. The summed E-state index contributed by atoms with van der Waals surface area (Å²) in [5.74, 6) is 0. The summed E-state index contributed by atoms with van der Waals surface area (Å²) in [5.41, 5.74) is 6.81. The van der Waals surface area contributed by atoms with Gasteiger partial charge in [0.1, 0.15) is 0 Å². The summed E-state index contributed by atoms with van der Waals surface area (Å²) in [6.07, 6.45) is 3.74. The monoisotopic (exact) mass is 238 g/mol. The van der Waals surface area contributed by atoms with Crippen LogP contribution in [0.1, 0.15) is 36.5 Å². The second-order valence-electron chi connectivity index (χ2n) is 5.10. The third-order valence-corrected chi connectivity index (χ3v) is 3.61. The van der Waals surface area contributed by atoms with Gasteiger partial charge in [-0.15, -0.1) is 0 Å². The lowest BCUT2D eigenvalue weighted by Gasteiger charge is -2.07. The van der Waals surface area contributed by atoms with E-state index in [-0.39, 0.29) is 0 Å². The van der Waals surface area contributed by atoms with Crippen LogP contribution in [-0.2, 0) is 6.42 Å². The zero-order chi connectivity index (χ0) is 13.0. The Morgan fingerprint density at radius 2 is 1.44 bits per heavy atom. The number of unbranched alkanes of at least 4 members (excludes halogenated alkanes) is 1. The van der Waals surface area contributed by atoms with E-state index < -0.39 is 0 Å². The molecule has 94 valence electrons.